The molecular formula is C22H20BrN3O2. The van der Waals surface area contributed by atoms with Crippen molar-refractivity contribution in [1.29, 1.82) is 0 Å². The quantitative estimate of drug-likeness (QED) is 0.591. The number of para-hydroxylation sites is 1. The van der Waals surface area contributed by atoms with Crippen LogP contribution >= 0.6 is 15.9 Å². The molecule has 3 aromatic rings. The van der Waals surface area contributed by atoms with Gasteiger partial charge in [0, 0.05) is 16.1 Å². The third-order valence-electron chi connectivity index (χ3n) is 5.29. The first-order chi connectivity index (χ1) is 13.6. The molecule has 0 saturated heterocycles. The fraction of sp³-hybridized carbons (Fsp3) is 0.227. The first-order valence-corrected chi connectivity index (χ1v) is 10.1. The van der Waals surface area contributed by atoms with E-state index in [1.54, 1.807) is 12.3 Å². The molecule has 2 amide bonds. The predicted molar refractivity (Wildman–Crippen MR) is 113 cm³/mol. The van der Waals surface area contributed by atoms with Crippen LogP contribution in [0.15, 0.2) is 65.3 Å². The lowest BCUT2D eigenvalue weighted by molar-refractivity contribution is -0.137. The summed E-state index contributed by atoms with van der Waals surface area (Å²) in [5.74, 6) is -1.31. The largest absolute Gasteiger partial charge is 0.338 e. The van der Waals surface area contributed by atoms with Crippen LogP contribution in [0.25, 0.3) is 10.9 Å². The summed E-state index contributed by atoms with van der Waals surface area (Å²) in [6, 6.07) is 17.2. The van der Waals surface area contributed by atoms with E-state index in [-0.39, 0.29) is 0 Å². The van der Waals surface area contributed by atoms with Crippen LogP contribution in [0.1, 0.15) is 31.2 Å². The average molecular weight is 438 g/mol. The second kappa shape index (κ2) is 7.72. The van der Waals surface area contributed by atoms with Gasteiger partial charge in [0.15, 0.2) is 0 Å². The van der Waals surface area contributed by atoms with E-state index in [1.165, 1.54) is 0 Å². The minimum atomic E-state index is -0.679. The number of hydrogen-bond donors (Lipinski definition) is 2. The van der Waals surface area contributed by atoms with E-state index >= 15 is 0 Å². The Morgan fingerprint density at radius 2 is 1.64 bits per heavy atom. The zero-order valence-electron chi connectivity index (χ0n) is 15.2. The Balaban J connectivity index is 1.54. The second-order valence-corrected chi connectivity index (χ2v) is 8.00. The number of pyridine rings is 1. The van der Waals surface area contributed by atoms with E-state index in [4.69, 9.17) is 0 Å². The van der Waals surface area contributed by atoms with E-state index in [0.29, 0.717) is 11.2 Å². The van der Waals surface area contributed by atoms with Crippen molar-refractivity contribution in [1.82, 2.24) is 10.3 Å². The second-order valence-electron chi connectivity index (χ2n) is 7.09. The lowest BCUT2D eigenvalue weighted by Gasteiger charge is -2.30. The number of rotatable bonds is 3. The van der Waals surface area contributed by atoms with Crippen molar-refractivity contribution in [2.45, 2.75) is 31.2 Å². The molecule has 4 rings (SSSR count). The summed E-state index contributed by atoms with van der Waals surface area (Å²) in [5, 5.41) is 6.63. The molecule has 0 spiro atoms. The molecule has 1 heterocycles. The number of amides is 2. The van der Waals surface area contributed by atoms with Gasteiger partial charge in [-0.2, -0.15) is 0 Å². The van der Waals surface area contributed by atoms with Crippen molar-refractivity contribution in [3.05, 3.63) is 70.8 Å². The summed E-state index contributed by atoms with van der Waals surface area (Å²) in [6.07, 6.45) is 5.35. The molecule has 28 heavy (non-hydrogen) atoms. The van der Waals surface area contributed by atoms with Crippen LogP contribution < -0.4 is 10.6 Å². The van der Waals surface area contributed by atoms with E-state index in [1.807, 2.05) is 48.5 Å². The van der Waals surface area contributed by atoms with Crippen LogP contribution in [0.2, 0.25) is 0 Å². The van der Waals surface area contributed by atoms with Gasteiger partial charge in [0.2, 0.25) is 0 Å². The minimum Gasteiger partial charge on any atom is -0.338 e. The molecule has 0 unspecified atom stereocenters. The summed E-state index contributed by atoms with van der Waals surface area (Å²) in [6.45, 7) is 0. The standard InChI is InChI=1S/C22H20BrN3O2/c23-17-10-8-16(9-11-17)22(12-1-2-13-22)26-21(28)20(27)25-18-7-3-5-15-6-4-14-24-19(15)18/h3-11,14H,1-2,12-13H2,(H,25,27)(H,26,28). The maximum absolute atomic E-state index is 12.7. The predicted octanol–water partition coefficient (Wildman–Crippen LogP) is 4.52. The average Bonchev–Trinajstić information content (AvgIpc) is 3.18. The molecule has 1 saturated carbocycles. The van der Waals surface area contributed by atoms with Crippen LogP contribution in [-0.2, 0) is 15.1 Å². The van der Waals surface area contributed by atoms with Gasteiger partial charge in [-0.15, -0.1) is 0 Å². The molecule has 142 valence electrons. The summed E-state index contributed by atoms with van der Waals surface area (Å²) in [7, 11) is 0. The van der Waals surface area contributed by atoms with Crippen molar-refractivity contribution >= 4 is 44.3 Å². The van der Waals surface area contributed by atoms with Crippen LogP contribution in [0.4, 0.5) is 5.69 Å². The molecule has 2 aromatic carbocycles. The SMILES string of the molecule is O=C(Nc1cccc2cccnc12)C(=O)NC1(c2ccc(Br)cc2)CCCC1. The maximum atomic E-state index is 12.7. The van der Waals surface area contributed by atoms with Gasteiger partial charge in [-0.3, -0.25) is 14.6 Å². The topological polar surface area (TPSA) is 71.1 Å². The Hall–Kier alpha value is -2.73. The lowest BCUT2D eigenvalue weighted by Crippen LogP contribution is -2.48. The van der Waals surface area contributed by atoms with Crippen LogP contribution in [-0.4, -0.2) is 16.8 Å². The summed E-state index contributed by atoms with van der Waals surface area (Å²) in [4.78, 5) is 29.7. The third-order valence-corrected chi connectivity index (χ3v) is 5.82. The van der Waals surface area contributed by atoms with Crippen LogP contribution in [0.5, 0.6) is 0 Å². The van der Waals surface area contributed by atoms with Gasteiger partial charge in [0.1, 0.15) is 0 Å². The molecule has 1 aromatic heterocycles. The molecular weight excluding hydrogens is 418 g/mol. The van der Waals surface area contributed by atoms with Crippen molar-refractivity contribution < 1.29 is 9.59 Å². The van der Waals surface area contributed by atoms with E-state index in [0.717, 1.165) is 41.1 Å². The van der Waals surface area contributed by atoms with Crippen molar-refractivity contribution in [2.75, 3.05) is 5.32 Å². The highest BCUT2D eigenvalue weighted by Crippen LogP contribution is 2.39. The van der Waals surface area contributed by atoms with Crippen LogP contribution in [0, 0.1) is 0 Å². The molecule has 5 nitrogen and oxygen atoms in total. The van der Waals surface area contributed by atoms with Gasteiger partial charge in [0.25, 0.3) is 0 Å². The van der Waals surface area contributed by atoms with Gasteiger partial charge in [-0.1, -0.05) is 59.1 Å². The highest BCUT2D eigenvalue weighted by atomic mass is 79.9. The number of anilines is 1. The lowest BCUT2D eigenvalue weighted by atomic mass is 9.88. The molecule has 1 aliphatic rings. The Labute approximate surface area is 171 Å². The molecule has 6 heteroatoms. The number of aromatic nitrogens is 1. The monoisotopic (exact) mass is 437 g/mol. The van der Waals surface area contributed by atoms with Gasteiger partial charge in [0.05, 0.1) is 16.7 Å². The number of fused-ring (bicyclic) bond motifs is 1. The van der Waals surface area contributed by atoms with Gasteiger partial charge in [-0.25, -0.2) is 0 Å². The Morgan fingerprint density at radius 3 is 2.39 bits per heavy atom. The van der Waals surface area contributed by atoms with E-state index in [2.05, 4.69) is 31.5 Å². The molecule has 0 radical (unpaired) electrons. The van der Waals surface area contributed by atoms with Crippen molar-refractivity contribution in [3.63, 3.8) is 0 Å². The number of carbonyl (C=O) groups is 2. The smallest absolute Gasteiger partial charge is 0.313 e. The fourth-order valence-corrected chi connectivity index (χ4v) is 4.16. The molecule has 2 N–H and O–H groups in total. The van der Waals surface area contributed by atoms with Crippen molar-refractivity contribution in [2.24, 2.45) is 0 Å². The van der Waals surface area contributed by atoms with Crippen LogP contribution in [0.3, 0.4) is 0 Å². The third kappa shape index (κ3) is 3.64. The Bertz CT molecular complexity index is 1020. The molecule has 1 aliphatic carbocycles. The summed E-state index contributed by atoms with van der Waals surface area (Å²) >= 11 is 3.45. The minimum absolute atomic E-state index is 0.494. The number of hydrogen-bond acceptors (Lipinski definition) is 3. The van der Waals surface area contributed by atoms with E-state index < -0.39 is 17.4 Å². The zero-order valence-corrected chi connectivity index (χ0v) is 16.8. The maximum Gasteiger partial charge on any atom is 0.313 e. The van der Waals surface area contributed by atoms with Gasteiger partial charge in [-0.05, 0) is 42.7 Å². The molecule has 1 fully saturated rings. The molecule has 0 atom stereocenters. The summed E-state index contributed by atoms with van der Waals surface area (Å²) in [5.41, 5.74) is 1.73. The molecule has 0 aliphatic heterocycles. The Kier molecular flexibility index (Phi) is 5.13. The normalized spacial score (nSPS) is 15.3. The Morgan fingerprint density at radius 1 is 0.929 bits per heavy atom. The van der Waals surface area contributed by atoms with Crippen molar-refractivity contribution in [3.8, 4) is 0 Å². The number of halogens is 1. The number of nitrogens with one attached hydrogen (secondary N) is 2. The number of benzene rings is 2. The van der Waals surface area contributed by atoms with Gasteiger partial charge < -0.3 is 10.6 Å². The fourth-order valence-electron chi connectivity index (χ4n) is 3.89. The highest BCUT2D eigenvalue weighted by molar-refractivity contribution is 9.10. The molecule has 0 bridgehead atoms. The highest BCUT2D eigenvalue weighted by Gasteiger charge is 2.38. The summed E-state index contributed by atoms with van der Waals surface area (Å²) < 4.78 is 0.983. The first-order valence-electron chi connectivity index (χ1n) is 9.31. The van der Waals surface area contributed by atoms with Gasteiger partial charge >= 0.3 is 11.8 Å². The zero-order chi connectivity index (χ0) is 19.6. The number of carbonyl (C=O) groups excluding carboxylic acids is 2. The van der Waals surface area contributed by atoms with E-state index in [9.17, 15) is 9.59 Å². The number of nitrogens with zero attached hydrogens (tertiary/aromatic N) is 1. The first kappa shape index (κ1) is 18.6.